The minimum absolute atomic E-state index is 0.0956. The molecule has 38 heavy (non-hydrogen) atoms. The zero-order valence-electron chi connectivity index (χ0n) is 20.3. The van der Waals surface area contributed by atoms with E-state index in [2.05, 4.69) is 11.6 Å². The van der Waals surface area contributed by atoms with Gasteiger partial charge in [-0.15, -0.1) is 0 Å². The van der Waals surface area contributed by atoms with Gasteiger partial charge in [-0.3, -0.25) is 9.59 Å². The zero-order valence-corrected chi connectivity index (χ0v) is 20.3. The Morgan fingerprint density at radius 1 is 1.21 bits per heavy atom. The lowest BCUT2D eigenvalue weighted by molar-refractivity contribution is -0.110. The number of benzene rings is 2. The first-order chi connectivity index (χ1) is 18.2. The van der Waals surface area contributed by atoms with Crippen molar-refractivity contribution < 1.29 is 23.5 Å². The number of rotatable bonds is 4. The van der Waals surface area contributed by atoms with Gasteiger partial charge in [0.25, 0.3) is 5.56 Å². The van der Waals surface area contributed by atoms with Crippen molar-refractivity contribution in [2.75, 3.05) is 0 Å². The Hall–Kier alpha value is -4.98. The largest absolute Gasteiger partial charge is 0.477 e. The number of ketones is 1. The van der Waals surface area contributed by atoms with Gasteiger partial charge in [0.1, 0.15) is 17.1 Å². The molecule has 0 atom stereocenters. The number of pyridine rings is 1. The summed E-state index contributed by atoms with van der Waals surface area (Å²) in [4.78, 5) is 42.0. The van der Waals surface area contributed by atoms with Gasteiger partial charge in [0.15, 0.2) is 5.78 Å². The Balaban J connectivity index is 1.71. The molecule has 2 aromatic carbocycles. The molecule has 3 aromatic heterocycles. The number of nitrogens with zero attached hydrogens (tertiary/aromatic N) is 1. The lowest BCUT2D eigenvalue weighted by Gasteiger charge is -2.11. The number of Topliss-reactive ketones (excluding diaryl/α,β-unsaturated/α-hetero) is 1. The fourth-order valence-electron chi connectivity index (χ4n) is 5.14. The van der Waals surface area contributed by atoms with Crippen molar-refractivity contribution >= 4 is 50.1 Å². The first-order valence-electron chi connectivity index (χ1n) is 11.9. The molecule has 3 heterocycles. The normalized spacial score (nSPS) is 14.0. The molecule has 1 aliphatic carbocycles. The SMILES string of the molecule is C=C1CC=CC=C(c2c(C(=O)O)n(Cc3cc4cc(C)ccc4[nH]c3=O)c3cc(F)c4ccoc4c23)C1=O. The number of aromatic amines is 1. The number of hydrogen-bond acceptors (Lipinski definition) is 4. The van der Waals surface area contributed by atoms with Crippen molar-refractivity contribution in [3.05, 3.63) is 112 Å². The van der Waals surface area contributed by atoms with Crippen LogP contribution in [0.15, 0.2) is 82.3 Å². The number of carbonyl (C=O) groups is 2. The van der Waals surface area contributed by atoms with Crippen molar-refractivity contribution in [1.29, 1.82) is 0 Å². The molecule has 188 valence electrons. The van der Waals surface area contributed by atoms with Gasteiger partial charge in [0.2, 0.25) is 0 Å². The Kier molecular flexibility index (Phi) is 5.27. The number of nitrogens with one attached hydrogen (secondary N) is 1. The summed E-state index contributed by atoms with van der Waals surface area (Å²) < 4.78 is 22.2. The number of halogens is 1. The second kappa shape index (κ2) is 8.55. The molecule has 0 amide bonds. The van der Waals surface area contributed by atoms with Crippen molar-refractivity contribution in [3.8, 4) is 0 Å². The highest BCUT2D eigenvalue weighted by atomic mass is 19.1. The van der Waals surface area contributed by atoms with Crippen molar-refractivity contribution in [1.82, 2.24) is 9.55 Å². The Bertz CT molecular complexity index is 1980. The molecule has 0 saturated carbocycles. The highest BCUT2D eigenvalue weighted by Gasteiger charge is 2.32. The van der Waals surface area contributed by atoms with Crippen LogP contribution < -0.4 is 5.56 Å². The third kappa shape index (κ3) is 3.53. The molecular formula is C30H21FN2O5. The van der Waals surface area contributed by atoms with Crippen LogP contribution in [0, 0.1) is 12.7 Å². The Morgan fingerprint density at radius 3 is 2.82 bits per heavy atom. The molecule has 2 N–H and O–H groups in total. The van der Waals surface area contributed by atoms with Crippen molar-refractivity contribution in [2.45, 2.75) is 19.9 Å². The Labute approximate surface area is 214 Å². The van der Waals surface area contributed by atoms with Crippen molar-refractivity contribution in [2.24, 2.45) is 0 Å². The van der Waals surface area contributed by atoms with E-state index < -0.39 is 23.1 Å². The number of aromatic nitrogens is 2. The summed E-state index contributed by atoms with van der Waals surface area (Å²) in [7, 11) is 0. The minimum Gasteiger partial charge on any atom is -0.477 e. The van der Waals surface area contributed by atoms with Gasteiger partial charge in [-0.1, -0.05) is 36.4 Å². The summed E-state index contributed by atoms with van der Waals surface area (Å²) in [5.41, 5.74) is 2.06. The van der Waals surface area contributed by atoms with E-state index >= 15 is 4.39 Å². The predicted molar refractivity (Wildman–Crippen MR) is 143 cm³/mol. The summed E-state index contributed by atoms with van der Waals surface area (Å²) in [5, 5.41) is 11.6. The standard InChI is InChI=1S/C30H21FN2O5/c1-15-7-8-22-17(11-15)12-18(29(35)32-22)14-33-23-13-21(31)19-9-10-38-28(19)25(23)24(26(33)30(36)37)20-6-4-3-5-16(2)27(20)34/h3-4,6-13H,2,5,14H2,1H3,(H,32,35)(H,36,37). The second-order valence-corrected chi connectivity index (χ2v) is 9.39. The van der Waals surface area contributed by atoms with Gasteiger partial charge in [-0.25, -0.2) is 9.18 Å². The van der Waals surface area contributed by atoms with Gasteiger partial charge < -0.3 is 19.1 Å². The monoisotopic (exact) mass is 508 g/mol. The van der Waals surface area contributed by atoms with Gasteiger partial charge in [-0.2, -0.15) is 0 Å². The lowest BCUT2D eigenvalue weighted by atomic mass is 9.94. The molecule has 8 heteroatoms. The fraction of sp³-hybridized carbons (Fsp3) is 0.100. The summed E-state index contributed by atoms with van der Waals surface area (Å²) in [6, 6.07) is 9.95. The number of carbonyl (C=O) groups excluding carboxylic acids is 1. The van der Waals surface area contributed by atoms with Gasteiger partial charge >= 0.3 is 5.97 Å². The maximum Gasteiger partial charge on any atom is 0.353 e. The highest BCUT2D eigenvalue weighted by molar-refractivity contribution is 6.34. The quantitative estimate of drug-likeness (QED) is 0.295. The number of aromatic carboxylic acids is 1. The maximum absolute atomic E-state index is 15.2. The number of furan rings is 1. The summed E-state index contributed by atoms with van der Waals surface area (Å²) >= 11 is 0. The Morgan fingerprint density at radius 2 is 2.03 bits per heavy atom. The molecule has 0 spiro atoms. The molecule has 0 unspecified atom stereocenters. The van der Waals surface area contributed by atoms with E-state index in [1.54, 1.807) is 24.3 Å². The fourth-order valence-corrected chi connectivity index (χ4v) is 5.14. The summed E-state index contributed by atoms with van der Waals surface area (Å²) in [6.07, 6.45) is 6.59. The number of fused-ring (bicyclic) bond motifs is 4. The molecule has 0 aliphatic heterocycles. The second-order valence-electron chi connectivity index (χ2n) is 9.39. The number of carboxylic acids is 1. The predicted octanol–water partition coefficient (Wildman–Crippen LogP) is 5.89. The topological polar surface area (TPSA) is 105 Å². The smallest absolute Gasteiger partial charge is 0.353 e. The van der Waals surface area contributed by atoms with E-state index in [1.165, 1.54) is 29.0 Å². The molecule has 7 nitrogen and oxygen atoms in total. The number of hydrogen-bond donors (Lipinski definition) is 2. The summed E-state index contributed by atoms with van der Waals surface area (Å²) in [5.74, 6) is -2.37. The van der Waals surface area contributed by atoms with E-state index in [-0.39, 0.29) is 50.8 Å². The van der Waals surface area contributed by atoms with Crippen LogP contribution in [0.3, 0.4) is 0 Å². The highest BCUT2D eigenvalue weighted by Crippen LogP contribution is 2.40. The van der Waals surface area contributed by atoms with Crippen LogP contribution in [0.5, 0.6) is 0 Å². The van der Waals surface area contributed by atoms with Crippen LogP contribution >= 0.6 is 0 Å². The van der Waals surface area contributed by atoms with Crippen LogP contribution in [-0.2, 0) is 11.3 Å². The van der Waals surface area contributed by atoms with Gasteiger partial charge in [0, 0.05) is 22.2 Å². The summed E-state index contributed by atoms with van der Waals surface area (Å²) in [6.45, 7) is 5.60. The average molecular weight is 509 g/mol. The van der Waals surface area contributed by atoms with Crippen molar-refractivity contribution in [3.63, 3.8) is 0 Å². The first-order valence-corrected chi connectivity index (χ1v) is 11.9. The number of H-pyrrole nitrogens is 1. The minimum atomic E-state index is -1.34. The molecule has 1 aliphatic rings. The van der Waals surface area contributed by atoms with E-state index in [0.717, 1.165) is 10.9 Å². The first kappa shape index (κ1) is 23.4. The van der Waals surface area contributed by atoms with Gasteiger partial charge in [0.05, 0.1) is 29.1 Å². The molecule has 5 aromatic rings. The maximum atomic E-state index is 15.2. The average Bonchev–Trinajstić information content (AvgIpc) is 3.44. The zero-order chi connectivity index (χ0) is 26.7. The number of aryl methyl sites for hydroxylation is 1. The van der Waals surface area contributed by atoms with E-state index in [4.69, 9.17) is 4.42 Å². The molecule has 0 fully saturated rings. The van der Waals surface area contributed by atoms with Crippen LogP contribution in [0.25, 0.3) is 38.3 Å². The van der Waals surface area contributed by atoms with E-state index in [9.17, 15) is 19.5 Å². The molecule has 0 bridgehead atoms. The number of carboxylic acid groups (broad SMARTS) is 1. The molecule has 6 rings (SSSR count). The molecular weight excluding hydrogens is 487 g/mol. The third-order valence-corrected chi connectivity index (χ3v) is 6.92. The van der Waals surface area contributed by atoms with Crippen LogP contribution in [0.2, 0.25) is 0 Å². The molecule has 0 radical (unpaired) electrons. The van der Waals surface area contributed by atoms with Crippen LogP contribution in [-0.4, -0.2) is 26.4 Å². The third-order valence-electron chi connectivity index (χ3n) is 6.92. The van der Waals surface area contributed by atoms with E-state index in [1.807, 2.05) is 19.1 Å². The van der Waals surface area contributed by atoms with E-state index in [0.29, 0.717) is 17.5 Å². The van der Waals surface area contributed by atoms with Crippen LogP contribution in [0.1, 0.15) is 33.6 Å². The number of allylic oxidation sites excluding steroid dienone is 5. The molecule has 0 saturated heterocycles. The van der Waals surface area contributed by atoms with Gasteiger partial charge in [-0.05, 0) is 54.6 Å². The lowest BCUT2D eigenvalue weighted by Crippen LogP contribution is -2.19. The van der Waals surface area contributed by atoms with Crippen LogP contribution in [0.4, 0.5) is 4.39 Å².